The third kappa shape index (κ3) is 4.13. The molecule has 3 N–H and O–H groups in total. The van der Waals surface area contributed by atoms with E-state index in [1.165, 1.54) is 12.5 Å². The summed E-state index contributed by atoms with van der Waals surface area (Å²) in [4.78, 5) is 11.0. The predicted molar refractivity (Wildman–Crippen MR) is 62.7 cm³/mol. The number of hydrogen-bond acceptors (Lipinski definition) is 2. The van der Waals surface area contributed by atoms with Crippen molar-refractivity contribution in [2.45, 2.75) is 26.2 Å². The van der Waals surface area contributed by atoms with Crippen molar-refractivity contribution in [3.63, 3.8) is 0 Å². The van der Waals surface area contributed by atoms with E-state index < -0.39 is 0 Å². The molecule has 0 saturated heterocycles. The van der Waals surface area contributed by atoms with Crippen LogP contribution in [-0.2, 0) is 11.2 Å². The highest BCUT2D eigenvalue weighted by Crippen LogP contribution is 2.17. The summed E-state index contributed by atoms with van der Waals surface area (Å²) in [7, 11) is 0. The van der Waals surface area contributed by atoms with Gasteiger partial charge in [0.15, 0.2) is 0 Å². The lowest BCUT2D eigenvalue weighted by molar-refractivity contribution is -0.114. The number of amides is 1. The van der Waals surface area contributed by atoms with Gasteiger partial charge >= 0.3 is 0 Å². The van der Waals surface area contributed by atoms with Gasteiger partial charge in [-0.1, -0.05) is 18.2 Å². The summed E-state index contributed by atoms with van der Waals surface area (Å²) in [6.07, 6.45) is 3.05. The molecule has 82 valence electrons. The normalized spacial score (nSPS) is 10.0. The Labute approximate surface area is 90.7 Å². The Hall–Kier alpha value is -1.35. The summed E-state index contributed by atoms with van der Waals surface area (Å²) >= 11 is 0. The van der Waals surface area contributed by atoms with Crippen LogP contribution < -0.4 is 11.1 Å². The molecule has 3 heteroatoms. The number of anilines is 1. The first-order valence-electron chi connectivity index (χ1n) is 5.29. The van der Waals surface area contributed by atoms with Gasteiger partial charge in [0, 0.05) is 12.6 Å². The number of nitrogens with two attached hydrogens (primary N) is 1. The molecule has 0 spiro atoms. The first kappa shape index (κ1) is 11.7. The molecule has 0 heterocycles. The van der Waals surface area contributed by atoms with E-state index >= 15 is 0 Å². The standard InChI is InChI=1S/C12H18N2O/c1-10(15)14-12-8-3-2-6-11(12)7-4-5-9-13/h2-3,6,8H,4-5,7,9,13H2,1H3,(H,14,15). The van der Waals surface area contributed by atoms with Crippen LogP contribution in [0.1, 0.15) is 25.3 Å². The van der Waals surface area contributed by atoms with Crippen LogP contribution in [0.15, 0.2) is 24.3 Å². The van der Waals surface area contributed by atoms with Gasteiger partial charge in [-0.15, -0.1) is 0 Å². The summed E-state index contributed by atoms with van der Waals surface area (Å²) < 4.78 is 0. The number of unbranched alkanes of at least 4 members (excludes halogenated alkanes) is 1. The highest BCUT2D eigenvalue weighted by atomic mass is 16.1. The SMILES string of the molecule is CC(=O)Nc1ccccc1CCCCN. The quantitative estimate of drug-likeness (QED) is 0.723. The topological polar surface area (TPSA) is 55.1 Å². The van der Waals surface area contributed by atoms with Crippen molar-refractivity contribution in [1.82, 2.24) is 0 Å². The largest absolute Gasteiger partial charge is 0.330 e. The smallest absolute Gasteiger partial charge is 0.221 e. The molecule has 3 nitrogen and oxygen atoms in total. The number of hydrogen-bond donors (Lipinski definition) is 2. The van der Waals surface area contributed by atoms with E-state index in [1.807, 2.05) is 24.3 Å². The Morgan fingerprint density at radius 3 is 2.73 bits per heavy atom. The number of aryl methyl sites for hydroxylation is 1. The third-order valence-electron chi connectivity index (χ3n) is 2.23. The van der Waals surface area contributed by atoms with E-state index in [4.69, 9.17) is 5.73 Å². The number of nitrogens with one attached hydrogen (secondary N) is 1. The molecule has 0 aliphatic heterocycles. The molecule has 0 aliphatic rings. The molecule has 0 aliphatic carbocycles. The van der Waals surface area contributed by atoms with Crippen molar-refractivity contribution in [1.29, 1.82) is 0 Å². The fourth-order valence-corrected chi connectivity index (χ4v) is 1.51. The first-order chi connectivity index (χ1) is 7.24. The van der Waals surface area contributed by atoms with E-state index in [0.717, 1.165) is 31.5 Å². The molecule has 0 atom stereocenters. The summed E-state index contributed by atoms with van der Waals surface area (Å²) in [5, 5.41) is 2.83. The molecule has 0 fully saturated rings. The van der Waals surface area contributed by atoms with E-state index in [1.54, 1.807) is 0 Å². The maximum Gasteiger partial charge on any atom is 0.221 e. The Morgan fingerprint density at radius 2 is 2.07 bits per heavy atom. The lowest BCUT2D eigenvalue weighted by atomic mass is 10.1. The van der Waals surface area contributed by atoms with Gasteiger partial charge in [0.1, 0.15) is 0 Å². The van der Waals surface area contributed by atoms with Crippen LogP contribution in [0.5, 0.6) is 0 Å². The monoisotopic (exact) mass is 206 g/mol. The van der Waals surface area contributed by atoms with Gasteiger partial charge < -0.3 is 11.1 Å². The molecule has 0 saturated carbocycles. The van der Waals surface area contributed by atoms with Crippen molar-refractivity contribution >= 4 is 11.6 Å². The molecule has 1 aromatic rings. The number of benzene rings is 1. The highest BCUT2D eigenvalue weighted by molar-refractivity contribution is 5.89. The Balaban J connectivity index is 2.64. The molecule has 0 bridgehead atoms. The van der Waals surface area contributed by atoms with Gasteiger partial charge in [-0.05, 0) is 37.4 Å². The molecule has 1 amide bonds. The second kappa shape index (κ2) is 6.19. The van der Waals surface area contributed by atoms with Crippen LogP contribution in [0.2, 0.25) is 0 Å². The van der Waals surface area contributed by atoms with Crippen molar-refractivity contribution in [2.24, 2.45) is 5.73 Å². The van der Waals surface area contributed by atoms with E-state index in [0.29, 0.717) is 0 Å². The average Bonchev–Trinajstić information content (AvgIpc) is 2.20. The van der Waals surface area contributed by atoms with E-state index in [9.17, 15) is 4.79 Å². The maximum absolute atomic E-state index is 11.0. The van der Waals surface area contributed by atoms with Crippen LogP contribution in [-0.4, -0.2) is 12.5 Å². The van der Waals surface area contributed by atoms with Gasteiger partial charge in [0.2, 0.25) is 5.91 Å². The molecule has 15 heavy (non-hydrogen) atoms. The minimum absolute atomic E-state index is 0.0266. The van der Waals surface area contributed by atoms with E-state index in [-0.39, 0.29) is 5.91 Å². The molecule has 0 radical (unpaired) electrons. The number of carbonyl (C=O) groups excluding carboxylic acids is 1. The second-order valence-corrected chi connectivity index (χ2v) is 3.58. The van der Waals surface area contributed by atoms with Crippen LogP contribution in [0.3, 0.4) is 0 Å². The summed E-state index contributed by atoms with van der Waals surface area (Å²) in [6.45, 7) is 2.25. The molecule has 1 aromatic carbocycles. The zero-order valence-electron chi connectivity index (χ0n) is 9.12. The Bertz CT molecular complexity index is 323. The lowest BCUT2D eigenvalue weighted by Crippen LogP contribution is -2.08. The molecule has 0 unspecified atom stereocenters. The summed E-state index contributed by atoms with van der Waals surface area (Å²) in [5.74, 6) is -0.0266. The summed E-state index contributed by atoms with van der Waals surface area (Å²) in [5.41, 5.74) is 7.54. The number of rotatable bonds is 5. The van der Waals surface area contributed by atoms with E-state index in [2.05, 4.69) is 5.32 Å². The zero-order valence-corrected chi connectivity index (χ0v) is 9.12. The lowest BCUT2D eigenvalue weighted by Gasteiger charge is -2.09. The van der Waals surface area contributed by atoms with Gasteiger partial charge in [0.25, 0.3) is 0 Å². The Morgan fingerprint density at radius 1 is 1.33 bits per heavy atom. The number of para-hydroxylation sites is 1. The van der Waals surface area contributed by atoms with Crippen LogP contribution in [0, 0.1) is 0 Å². The fourth-order valence-electron chi connectivity index (χ4n) is 1.51. The molecule has 0 aromatic heterocycles. The minimum atomic E-state index is -0.0266. The molecular formula is C12H18N2O. The second-order valence-electron chi connectivity index (χ2n) is 3.58. The molecule has 1 rings (SSSR count). The maximum atomic E-state index is 11.0. The van der Waals surface area contributed by atoms with Crippen LogP contribution in [0.25, 0.3) is 0 Å². The van der Waals surface area contributed by atoms with Gasteiger partial charge in [-0.25, -0.2) is 0 Å². The van der Waals surface area contributed by atoms with Crippen LogP contribution in [0.4, 0.5) is 5.69 Å². The highest BCUT2D eigenvalue weighted by Gasteiger charge is 2.02. The van der Waals surface area contributed by atoms with Crippen LogP contribution >= 0.6 is 0 Å². The zero-order chi connectivity index (χ0) is 11.1. The summed E-state index contributed by atoms with van der Waals surface area (Å²) in [6, 6.07) is 7.89. The van der Waals surface area contributed by atoms with Crippen molar-refractivity contribution in [3.05, 3.63) is 29.8 Å². The van der Waals surface area contributed by atoms with Crippen molar-refractivity contribution in [3.8, 4) is 0 Å². The third-order valence-corrected chi connectivity index (χ3v) is 2.23. The minimum Gasteiger partial charge on any atom is -0.330 e. The first-order valence-corrected chi connectivity index (χ1v) is 5.29. The van der Waals surface area contributed by atoms with Gasteiger partial charge in [0.05, 0.1) is 0 Å². The van der Waals surface area contributed by atoms with Crippen molar-refractivity contribution in [2.75, 3.05) is 11.9 Å². The predicted octanol–water partition coefficient (Wildman–Crippen LogP) is 1.93. The van der Waals surface area contributed by atoms with Crippen molar-refractivity contribution < 1.29 is 4.79 Å². The average molecular weight is 206 g/mol. The Kier molecular flexibility index (Phi) is 4.84. The number of carbonyl (C=O) groups is 1. The molecular weight excluding hydrogens is 188 g/mol. The fraction of sp³-hybridized carbons (Fsp3) is 0.417. The van der Waals surface area contributed by atoms with Gasteiger partial charge in [-0.3, -0.25) is 4.79 Å². The van der Waals surface area contributed by atoms with Gasteiger partial charge in [-0.2, -0.15) is 0 Å².